The first kappa shape index (κ1) is 102. The van der Waals surface area contributed by atoms with Gasteiger partial charge < -0.3 is 40.9 Å². The summed E-state index contributed by atoms with van der Waals surface area (Å²) in [5.74, 6) is 15.2. The van der Waals surface area contributed by atoms with Crippen molar-refractivity contribution < 1.29 is 40.9 Å². The molecule has 0 saturated heterocycles. The van der Waals surface area contributed by atoms with E-state index in [-0.39, 0.29) is 48.8 Å². The third-order valence-electron chi connectivity index (χ3n) is 30.1. The van der Waals surface area contributed by atoms with Crippen LogP contribution in [0.25, 0.3) is 0 Å². The Morgan fingerprint density at radius 1 is 0.183 bits per heavy atom. The van der Waals surface area contributed by atoms with Gasteiger partial charge in [0, 0.05) is 0 Å². The largest absolute Gasteiger partial charge is 0.393 e. The average molecular weight is 1470 g/mol. The Balaban J connectivity index is 0.000000594. The van der Waals surface area contributed by atoms with Crippen LogP contribution >= 0.6 is 0 Å². The molecular formula is C96H192O8. The van der Waals surface area contributed by atoms with Crippen molar-refractivity contribution in [3.05, 3.63) is 0 Å². The zero-order valence-electron chi connectivity index (χ0n) is 77.4. The predicted molar refractivity (Wildman–Crippen MR) is 452 cm³/mol. The maximum atomic E-state index is 9.98. The lowest BCUT2D eigenvalue weighted by atomic mass is 9.62. The van der Waals surface area contributed by atoms with Crippen LogP contribution < -0.4 is 0 Å². The van der Waals surface area contributed by atoms with Crippen LogP contribution in [0.4, 0.5) is 0 Å². The van der Waals surface area contributed by atoms with E-state index in [4.69, 9.17) is 0 Å². The molecule has 8 rings (SSSR count). The summed E-state index contributed by atoms with van der Waals surface area (Å²) in [6, 6.07) is 0. The van der Waals surface area contributed by atoms with Crippen molar-refractivity contribution >= 4 is 0 Å². The number of aliphatic hydroxyl groups is 8. The van der Waals surface area contributed by atoms with Crippen LogP contribution in [0.5, 0.6) is 0 Å². The normalized spacial score (nSPS) is 42.0. The van der Waals surface area contributed by atoms with Crippen LogP contribution in [0.15, 0.2) is 0 Å². The van der Waals surface area contributed by atoms with Crippen LogP contribution in [-0.4, -0.2) is 89.7 Å². The van der Waals surface area contributed by atoms with Gasteiger partial charge in [-0.3, -0.25) is 0 Å². The number of hydrogen-bond acceptors (Lipinski definition) is 8. The molecule has 8 nitrogen and oxygen atoms in total. The van der Waals surface area contributed by atoms with Gasteiger partial charge in [0.2, 0.25) is 0 Å². The molecule has 0 aromatic rings. The van der Waals surface area contributed by atoms with E-state index < -0.39 is 0 Å². The number of hydrogen-bond donors (Lipinski definition) is 8. The third-order valence-corrected chi connectivity index (χ3v) is 30.1. The smallest absolute Gasteiger partial charge is 0.0594 e. The molecule has 0 aromatic heterocycles. The van der Waals surface area contributed by atoms with Gasteiger partial charge in [0.1, 0.15) is 0 Å². The van der Waals surface area contributed by atoms with E-state index in [0.717, 1.165) is 86.9 Å². The summed E-state index contributed by atoms with van der Waals surface area (Å²) in [5.41, 5.74) is 2.98. The molecule has 0 aromatic carbocycles. The van der Waals surface area contributed by atoms with Gasteiger partial charge in [-0.05, 0) is 288 Å². The Bertz CT molecular complexity index is 2130. The summed E-state index contributed by atoms with van der Waals surface area (Å²) in [7, 11) is 0. The van der Waals surface area contributed by atoms with E-state index in [1.165, 1.54) is 51.4 Å². The molecule has 8 heteroatoms. The van der Waals surface area contributed by atoms with Crippen LogP contribution in [-0.2, 0) is 0 Å². The molecule has 8 fully saturated rings. The molecule has 624 valence electrons. The first-order valence-corrected chi connectivity index (χ1v) is 44.0. The zero-order valence-corrected chi connectivity index (χ0v) is 77.4. The van der Waals surface area contributed by atoms with E-state index in [0.29, 0.717) is 150 Å². The minimum atomic E-state index is -0.0852. The van der Waals surface area contributed by atoms with Crippen molar-refractivity contribution in [2.75, 3.05) is 0 Å². The number of rotatable bonds is 0. The molecule has 28 atom stereocenters. The second-order valence-corrected chi connectivity index (χ2v) is 47.5. The Morgan fingerprint density at radius 3 is 0.942 bits per heavy atom. The van der Waals surface area contributed by atoms with E-state index in [1.807, 2.05) is 0 Å². The van der Waals surface area contributed by atoms with E-state index in [1.54, 1.807) is 0 Å². The fourth-order valence-electron chi connectivity index (χ4n) is 22.5. The van der Waals surface area contributed by atoms with Gasteiger partial charge in [-0.25, -0.2) is 0 Å². The highest BCUT2D eigenvalue weighted by atomic mass is 16.3. The SMILES string of the molecule is CC1C(O)CCC(C(C)(C)C)C1C.CC1CC(C(C)(C)C)C(C)CC1O.CC1CC(C(C)(C)C)CC(C)C1O.CC1CC(C(C)(C)C)CC(O)C1C.CC1CC(C)C(C(C)(C)C)CC1O.CC1CC(O)CC(C(C)(C)C)C1C.CC1CC(O)CC(C)C1C(C)(C)C.CC1CCC(C(C)(C)C)C(C)C1O. The fraction of sp³-hybridized carbons (Fsp3) is 1.00. The lowest BCUT2D eigenvalue weighted by Gasteiger charge is -2.45. The predicted octanol–water partition coefficient (Wildman–Crippen LogP) is 24.6. The Labute approximate surface area is 651 Å². The molecule has 8 aliphatic rings. The summed E-state index contributed by atoms with van der Waals surface area (Å²) < 4.78 is 0. The van der Waals surface area contributed by atoms with Crippen molar-refractivity contribution in [3.63, 3.8) is 0 Å². The van der Waals surface area contributed by atoms with Crippen molar-refractivity contribution in [2.45, 2.75) is 429 Å². The van der Waals surface area contributed by atoms with Crippen LogP contribution in [0.3, 0.4) is 0 Å². The van der Waals surface area contributed by atoms with E-state index in [9.17, 15) is 40.9 Å². The molecule has 28 unspecified atom stereocenters. The Kier molecular flexibility index (Phi) is 40.7. The maximum Gasteiger partial charge on any atom is 0.0594 e. The first-order chi connectivity index (χ1) is 46.6. The van der Waals surface area contributed by atoms with E-state index in [2.05, 4.69) is 277 Å². The molecule has 0 amide bonds. The highest BCUT2D eigenvalue weighted by Gasteiger charge is 2.45. The molecule has 0 aliphatic heterocycles. The quantitative estimate of drug-likeness (QED) is 0.119. The van der Waals surface area contributed by atoms with Gasteiger partial charge in [0.25, 0.3) is 0 Å². The van der Waals surface area contributed by atoms with Crippen LogP contribution in [0, 0.1) is 185 Å². The van der Waals surface area contributed by atoms with Gasteiger partial charge in [-0.1, -0.05) is 277 Å². The molecular weight excluding hydrogens is 1280 g/mol. The van der Waals surface area contributed by atoms with Gasteiger partial charge in [-0.15, -0.1) is 0 Å². The summed E-state index contributed by atoms with van der Waals surface area (Å²) in [5, 5.41) is 78.3. The summed E-state index contributed by atoms with van der Waals surface area (Å²) in [6.45, 7) is 91.1. The van der Waals surface area contributed by atoms with Gasteiger partial charge in [0.05, 0.1) is 48.8 Å². The van der Waals surface area contributed by atoms with Crippen LogP contribution in [0.1, 0.15) is 380 Å². The molecule has 0 bridgehead atoms. The maximum absolute atomic E-state index is 9.98. The molecule has 8 aliphatic carbocycles. The summed E-state index contributed by atoms with van der Waals surface area (Å²) >= 11 is 0. The van der Waals surface area contributed by atoms with Crippen LogP contribution in [0.2, 0.25) is 0 Å². The van der Waals surface area contributed by atoms with Gasteiger partial charge >= 0.3 is 0 Å². The highest BCUT2D eigenvalue weighted by Crippen LogP contribution is 2.51. The Morgan fingerprint density at radius 2 is 0.529 bits per heavy atom. The lowest BCUT2D eigenvalue weighted by molar-refractivity contribution is -0.0332. The zero-order chi connectivity index (χ0) is 81.8. The summed E-state index contributed by atoms with van der Waals surface area (Å²) in [6.07, 6.45) is 17.1. The monoisotopic (exact) mass is 1470 g/mol. The minimum absolute atomic E-state index is 0.0522. The van der Waals surface area contributed by atoms with Crippen molar-refractivity contribution in [3.8, 4) is 0 Å². The molecule has 0 heterocycles. The average Bonchev–Trinajstić information content (AvgIpc) is 0.785. The van der Waals surface area contributed by atoms with Gasteiger partial charge in [0.15, 0.2) is 0 Å². The van der Waals surface area contributed by atoms with E-state index >= 15 is 0 Å². The molecule has 8 N–H and O–H groups in total. The molecule has 8 saturated carbocycles. The fourth-order valence-corrected chi connectivity index (χ4v) is 22.5. The third kappa shape index (κ3) is 32.6. The van der Waals surface area contributed by atoms with Crippen molar-refractivity contribution in [1.82, 2.24) is 0 Å². The second kappa shape index (κ2) is 41.6. The highest BCUT2D eigenvalue weighted by molar-refractivity contribution is 4.95. The standard InChI is InChI=1S/8C12H24O/c1-8-7-11(13)9(2)6-10(8)12(3,4)5;1-8-6-10(13)7-11(9(8)2)12(3,4)5;1-8-6-10(12(3,4)5)7-11(13)9(8)2;1-8-6-10(13)7-9(2)11(8)12(3,4)5;1-8-6-10(12(3,4)5)7-9(2)11(8)13;1-8-6-9(2)11(13)7-10(8)12(3,4)5;1-8-9(2)11(13)7-6-10(8)12(3,4)5;1-8-6-7-10(12(3,4)5)9(2)11(8)13/h8*8-11,13H,6-7H2,1-5H3. The molecule has 104 heavy (non-hydrogen) atoms. The summed E-state index contributed by atoms with van der Waals surface area (Å²) in [4.78, 5) is 0. The van der Waals surface area contributed by atoms with Crippen molar-refractivity contribution in [2.24, 2.45) is 185 Å². The first-order valence-electron chi connectivity index (χ1n) is 44.0. The topological polar surface area (TPSA) is 162 Å². The minimum Gasteiger partial charge on any atom is -0.393 e. The van der Waals surface area contributed by atoms with Crippen molar-refractivity contribution in [1.29, 1.82) is 0 Å². The Hall–Kier alpha value is -0.320. The van der Waals surface area contributed by atoms with Gasteiger partial charge in [-0.2, -0.15) is 0 Å². The molecule has 0 radical (unpaired) electrons. The molecule has 0 spiro atoms. The number of aliphatic hydroxyl groups excluding tert-OH is 8. The second-order valence-electron chi connectivity index (χ2n) is 47.5. The lowest BCUT2D eigenvalue weighted by Crippen LogP contribution is -2.41.